The molecule has 0 fully saturated rings. The smallest absolute Gasteiger partial charge is 0.0110 e. The van der Waals surface area contributed by atoms with Gasteiger partial charge in [-0.2, -0.15) is 11.8 Å². The first-order chi connectivity index (χ1) is 3.91. The summed E-state index contributed by atoms with van der Waals surface area (Å²) in [6, 6.07) is 0. The Bertz CT molecular complexity index is 39.7. The van der Waals surface area contributed by atoms with Gasteiger partial charge in [0.05, 0.1) is 0 Å². The van der Waals surface area contributed by atoms with Crippen molar-refractivity contribution in [1.29, 1.82) is 0 Å². The maximum Gasteiger partial charge on any atom is 0.0110 e. The zero-order valence-corrected chi connectivity index (χ0v) is 7.09. The van der Waals surface area contributed by atoms with Crippen LogP contribution in [-0.2, 0) is 0 Å². The third kappa shape index (κ3) is 16.5. The van der Waals surface area contributed by atoms with Crippen LogP contribution in [0.4, 0.5) is 0 Å². The van der Waals surface area contributed by atoms with Gasteiger partial charge in [0.1, 0.15) is 0 Å². The summed E-state index contributed by atoms with van der Waals surface area (Å²) in [6.07, 6.45) is 6.31. The Kier molecular flexibility index (Phi) is 21.5. The molecule has 0 N–H and O–H groups in total. The maximum atomic E-state index is 2.14. The van der Waals surface area contributed by atoms with Crippen LogP contribution in [0, 0.1) is 0 Å². The predicted molar refractivity (Wildman–Crippen MR) is 44.5 cm³/mol. The Morgan fingerprint density at radius 2 is 1.88 bits per heavy atom. The summed E-state index contributed by atoms with van der Waals surface area (Å²) in [5, 5.41) is 0. The van der Waals surface area contributed by atoms with Gasteiger partial charge in [-0.05, 0) is 13.2 Å². The molecule has 0 atom stereocenters. The molecule has 0 unspecified atom stereocenters. The molecule has 0 radical (unpaired) electrons. The quantitative estimate of drug-likeness (QED) is 0.520. The van der Waals surface area contributed by atoms with Gasteiger partial charge in [0.15, 0.2) is 0 Å². The molecule has 0 aliphatic rings. The van der Waals surface area contributed by atoms with Gasteiger partial charge in [-0.25, -0.2) is 0 Å². The Morgan fingerprint density at radius 1 is 1.38 bits per heavy atom. The number of hydrogen-bond acceptors (Lipinski definition) is 1. The Morgan fingerprint density at radius 3 is 2.00 bits per heavy atom. The van der Waals surface area contributed by atoms with E-state index in [4.69, 9.17) is 0 Å². The molecule has 0 saturated heterocycles. The van der Waals surface area contributed by atoms with Crippen molar-refractivity contribution in [2.45, 2.75) is 20.8 Å². The molecule has 0 amide bonds. The third-order valence-electron chi connectivity index (χ3n) is 0.499. The second kappa shape index (κ2) is 15.7. The molecule has 0 aliphatic carbocycles. The summed E-state index contributed by atoms with van der Waals surface area (Å²) in [5.74, 6) is 1.15. The van der Waals surface area contributed by atoms with Gasteiger partial charge in [0.2, 0.25) is 0 Å². The third-order valence-corrected chi connectivity index (χ3v) is 1.02. The fourth-order valence-corrected chi connectivity index (χ4v) is 0.577. The lowest BCUT2D eigenvalue weighted by Gasteiger charge is -1.77. The number of hydrogen-bond donors (Lipinski definition) is 0. The van der Waals surface area contributed by atoms with Gasteiger partial charge in [0, 0.05) is 5.75 Å². The zero-order chi connectivity index (χ0) is 6.83. The van der Waals surface area contributed by atoms with E-state index < -0.39 is 0 Å². The molecule has 0 rings (SSSR count). The van der Waals surface area contributed by atoms with Gasteiger partial charge in [0.25, 0.3) is 0 Å². The van der Waals surface area contributed by atoms with Crippen LogP contribution in [0.15, 0.2) is 12.2 Å². The molecule has 1 heteroatoms. The van der Waals surface area contributed by atoms with Crippen molar-refractivity contribution in [3.8, 4) is 0 Å². The van der Waals surface area contributed by atoms with Crippen molar-refractivity contribution in [3.05, 3.63) is 12.2 Å². The highest BCUT2D eigenvalue weighted by atomic mass is 32.2. The molecule has 0 heterocycles. The monoisotopic (exact) mass is 132 g/mol. The molecular weight excluding hydrogens is 116 g/mol. The van der Waals surface area contributed by atoms with Crippen LogP contribution in [0.2, 0.25) is 0 Å². The fourth-order valence-electron chi connectivity index (χ4n) is 0.192. The molecular formula is C7H16S. The molecule has 0 aromatic rings. The first-order valence-corrected chi connectivity index (χ1v) is 4.41. The van der Waals surface area contributed by atoms with Gasteiger partial charge in [-0.15, -0.1) is 0 Å². The summed E-state index contributed by atoms with van der Waals surface area (Å²) < 4.78 is 0. The number of rotatable bonds is 2. The molecule has 50 valence electrons. The zero-order valence-electron chi connectivity index (χ0n) is 6.27. The topological polar surface area (TPSA) is 0 Å². The molecule has 0 aromatic carbocycles. The van der Waals surface area contributed by atoms with Crippen molar-refractivity contribution < 1.29 is 0 Å². The lowest BCUT2D eigenvalue weighted by Crippen LogP contribution is -1.60. The minimum Gasteiger partial charge on any atom is -0.161 e. The summed E-state index contributed by atoms with van der Waals surface area (Å²) in [5.41, 5.74) is 0. The van der Waals surface area contributed by atoms with E-state index in [0.717, 1.165) is 5.75 Å². The van der Waals surface area contributed by atoms with E-state index in [-0.39, 0.29) is 0 Å². The van der Waals surface area contributed by atoms with Crippen LogP contribution in [0.3, 0.4) is 0 Å². The highest BCUT2D eigenvalue weighted by Crippen LogP contribution is 1.89. The Balaban J connectivity index is 0. The van der Waals surface area contributed by atoms with Gasteiger partial charge < -0.3 is 0 Å². The van der Waals surface area contributed by atoms with Crippen LogP contribution in [0.1, 0.15) is 20.8 Å². The molecule has 0 nitrogen and oxygen atoms in total. The number of allylic oxidation sites excluding steroid dienone is 1. The van der Waals surface area contributed by atoms with Crippen LogP contribution >= 0.6 is 11.8 Å². The fraction of sp³-hybridized carbons (Fsp3) is 0.714. The summed E-state index contributed by atoms with van der Waals surface area (Å²) in [4.78, 5) is 0. The average molecular weight is 132 g/mol. The van der Waals surface area contributed by atoms with Crippen LogP contribution in [-0.4, -0.2) is 12.0 Å². The molecule has 0 aromatic heterocycles. The van der Waals surface area contributed by atoms with Crippen molar-refractivity contribution in [3.63, 3.8) is 0 Å². The Hall–Kier alpha value is 0.0900. The largest absolute Gasteiger partial charge is 0.161 e. The summed E-state index contributed by atoms with van der Waals surface area (Å²) >= 11 is 1.84. The van der Waals surface area contributed by atoms with Crippen LogP contribution < -0.4 is 0 Å². The molecule has 0 bridgehead atoms. The second-order valence-corrected chi connectivity index (χ2v) is 1.94. The molecule has 8 heavy (non-hydrogen) atoms. The van der Waals surface area contributed by atoms with E-state index in [9.17, 15) is 0 Å². The average Bonchev–Trinajstić information content (AvgIpc) is 1.88. The molecule has 0 saturated carbocycles. The van der Waals surface area contributed by atoms with Crippen LogP contribution in [0.5, 0.6) is 0 Å². The van der Waals surface area contributed by atoms with E-state index in [1.807, 2.05) is 32.5 Å². The van der Waals surface area contributed by atoms with E-state index >= 15 is 0 Å². The summed E-state index contributed by atoms with van der Waals surface area (Å²) in [6.45, 7) is 6.04. The van der Waals surface area contributed by atoms with Crippen molar-refractivity contribution in [1.82, 2.24) is 0 Å². The minimum atomic E-state index is 1.15. The van der Waals surface area contributed by atoms with E-state index in [0.29, 0.717) is 0 Å². The normalized spacial score (nSPS) is 8.50. The highest BCUT2D eigenvalue weighted by molar-refractivity contribution is 7.98. The summed E-state index contributed by atoms with van der Waals surface area (Å²) in [7, 11) is 0. The predicted octanol–water partition coefficient (Wildman–Crippen LogP) is 2.95. The lowest BCUT2D eigenvalue weighted by molar-refractivity contribution is 1.50. The van der Waals surface area contributed by atoms with Crippen molar-refractivity contribution in [2.24, 2.45) is 0 Å². The van der Waals surface area contributed by atoms with Gasteiger partial charge in [-0.3, -0.25) is 0 Å². The maximum absolute atomic E-state index is 2.14. The molecule has 0 spiro atoms. The van der Waals surface area contributed by atoms with Crippen LogP contribution in [0.25, 0.3) is 0 Å². The second-order valence-electron chi connectivity index (χ2n) is 1.02. The Labute approximate surface area is 57.4 Å². The van der Waals surface area contributed by atoms with E-state index in [1.54, 1.807) is 0 Å². The first kappa shape index (κ1) is 11.0. The standard InChI is InChI=1S/C5H10S.C2H6/c1-3-4-5-6-2;1-2/h3-4H,5H2,1-2H3;1-2H3/b4-3-;. The van der Waals surface area contributed by atoms with Crippen molar-refractivity contribution in [2.75, 3.05) is 12.0 Å². The van der Waals surface area contributed by atoms with Gasteiger partial charge >= 0.3 is 0 Å². The first-order valence-electron chi connectivity index (χ1n) is 3.02. The van der Waals surface area contributed by atoms with Gasteiger partial charge in [-0.1, -0.05) is 26.0 Å². The van der Waals surface area contributed by atoms with Crippen molar-refractivity contribution >= 4 is 11.8 Å². The van der Waals surface area contributed by atoms with E-state index in [2.05, 4.69) is 18.4 Å². The molecule has 0 aliphatic heterocycles. The lowest BCUT2D eigenvalue weighted by atomic mass is 10.6. The number of thioether (sulfide) groups is 1. The van der Waals surface area contributed by atoms with E-state index in [1.165, 1.54) is 0 Å². The minimum absolute atomic E-state index is 1.15. The SMILES string of the molecule is C/C=C\CSC.CC. The highest BCUT2D eigenvalue weighted by Gasteiger charge is 1.64.